The second-order valence-corrected chi connectivity index (χ2v) is 11.6. The lowest BCUT2D eigenvalue weighted by Gasteiger charge is -2.36. The Morgan fingerprint density at radius 1 is 1.08 bits per heavy atom. The molecule has 3 heterocycles. The molecule has 0 spiro atoms. The fourth-order valence-corrected chi connectivity index (χ4v) is 7.83. The van der Waals surface area contributed by atoms with Crippen molar-refractivity contribution in [2.24, 2.45) is 5.92 Å². The second kappa shape index (κ2) is 8.96. The van der Waals surface area contributed by atoms with Gasteiger partial charge in [-0.25, -0.2) is 4.90 Å². The number of non-ortho nitro benzene ring substituents is 1. The first-order valence-electron chi connectivity index (χ1n) is 11.4. The fraction of sp³-hybridized carbons (Fsp3) is 0.280. The van der Waals surface area contributed by atoms with Crippen LogP contribution in [0.15, 0.2) is 58.4 Å². The van der Waals surface area contributed by atoms with E-state index in [1.165, 1.54) is 28.8 Å². The van der Waals surface area contributed by atoms with Crippen molar-refractivity contribution in [2.75, 3.05) is 10.2 Å². The third kappa shape index (κ3) is 4.05. The van der Waals surface area contributed by atoms with Crippen LogP contribution in [0.5, 0.6) is 0 Å². The molecular formula is C25H22N4O6S2. The first-order valence-corrected chi connectivity index (χ1v) is 13.1. The lowest BCUT2D eigenvalue weighted by molar-refractivity contribution is -0.384. The van der Waals surface area contributed by atoms with Gasteiger partial charge in [-0.05, 0) is 30.7 Å². The topological polar surface area (TPSA) is 132 Å². The molecule has 0 radical (unpaired) electrons. The number of aromatic nitrogens is 1. The van der Waals surface area contributed by atoms with Gasteiger partial charge in [-0.15, -0.1) is 0 Å². The number of nitro groups is 1. The molecule has 0 saturated carbocycles. The van der Waals surface area contributed by atoms with Gasteiger partial charge in [0.05, 0.1) is 21.6 Å². The number of rotatable bonds is 5. The predicted molar refractivity (Wildman–Crippen MR) is 140 cm³/mol. The van der Waals surface area contributed by atoms with Crippen molar-refractivity contribution < 1.29 is 19.3 Å². The number of aryl methyl sites for hydroxylation is 1. The van der Waals surface area contributed by atoms with E-state index in [1.807, 2.05) is 32.9 Å². The van der Waals surface area contributed by atoms with E-state index >= 15 is 0 Å². The van der Waals surface area contributed by atoms with Crippen LogP contribution in [-0.4, -0.2) is 32.5 Å². The molecular weight excluding hydrogens is 516 g/mol. The Hall–Kier alpha value is -3.77. The number of para-hydroxylation sites is 1. The minimum absolute atomic E-state index is 0.148. The fourth-order valence-electron chi connectivity index (χ4n) is 4.79. The number of thiazole rings is 1. The average Bonchev–Trinajstić information content (AvgIpc) is 3.29. The van der Waals surface area contributed by atoms with Gasteiger partial charge in [0, 0.05) is 28.1 Å². The van der Waals surface area contributed by atoms with Gasteiger partial charge in [-0.2, -0.15) is 0 Å². The van der Waals surface area contributed by atoms with Crippen molar-refractivity contribution in [3.05, 3.63) is 78.8 Å². The number of amides is 3. The van der Waals surface area contributed by atoms with Gasteiger partial charge in [-0.3, -0.25) is 33.9 Å². The standard InChI is InChI=1S/C25H22N4O6S2/c1-13-6-4-5-7-16(13)26-17(30)12-27-23-20(37-24(27)33)25(2,3)18-19(36-23)22(32)28(21(18)31)14-8-10-15(11-9-14)29(34)35/h4-11,18-19H,12H2,1-3H3,(H,26,30)/t18-,19+/m1/s1. The Morgan fingerprint density at radius 3 is 2.41 bits per heavy atom. The van der Waals surface area contributed by atoms with Crippen molar-refractivity contribution in [3.63, 3.8) is 0 Å². The summed E-state index contributed by atoms with van der Waals surface area (Å²) in [6, 6.07) is 12.6. The molecule has 0 aliphatic carbocycles. The number of hydrogen-bond donors (Lipinski definition) is 1. The van der Waals surface area contributed by atoms with Crippen LogP contribution < -0.4 is 15.1 Å². The highest BCUT2D eigenvalue weighted by Gasteiger charge is 2.59. The van der Waals surface area contributed by atoms with Crippen LogP contribution >= 0.6 is 23.1 Å². The maximum absolute atomic E-state index is 13.5. The number of nitro benzene ring substituents is 1. The number of fused-ring (bicyclic) bond motifs is 2. The first-order chi connectivity index (χ1) is 17.5. The Labute approximate surface area is 219 Å². The van der Waals surface area contributed by atoms with Crippen molar-refractivity contribution in [2.45, 2.75) is 43.0 Å². The summed E-state index contributed by atoms with van der Waals surface area (Å²) in [5, 5.41) is 13.5. The summed E-state index contributed by atoms with van der Waals surface area (Å²) in [7, 11) is 0. The molecule has 0 bridgehead atoms. The van der Waals surface area contributed by atoms with Crippen LogP contribution in [0.2, 0.25) is 0 Å². The quantitative estimate of drug-likeness (QED) is 0.298. The Morgan fingerprint density at radius 2 is 1.76 bits per heavy atom. The summed E-state index contributed by atoms with van der Waals surface area (Å²) in [5.41, 5.74) is 0.785. The third-order valence-corrected chi connectivity index (χ3v) is 9.57. The molecule has 190 valence electrons. The van der Waals surface area contributed by atoms with E-state index in [1.54, 1.807) is 12.1 Å². The zero-order valence-corrected chi connectivity index (χ0v) is 21.7. The van der Waals surface area contributed by atoms with Gasteiger partial charge < -0.3 is 5.32 Å². The highest BCUT2D eigenvalue weighted by molar-refractivity contribution is 8.00. The van der Waals surface area contributed by atoms with Crippen LogP contribution in [0.3, 0.4) is 0 Å². The molecule has 0 unspecified atom stereocenters. The molecule has 5 rings (SSSR count). The van der Waals surface area contributed by atoms with Crippen LogP contribution in [0.25, 0.3) is 0 Å². The van der Waals surface area contributed by atoms with Crippen molar-refractivity contribution in [1.29, 1.82) is 0 Å². The van der Waals surface area contributed by atoms with Gasteiger partial charge in [0.1, 0.15) is 11.8 Å². The number of carbonyl (C=O) groups is 3. The van der Waals surface area contributed by atoms with Crippen LogP contribution in [0.1, 0.15) is 24.3 Å². The third-order valence-electron chi connectivity index (χ3n) is 6.74. The minimum Gasteiger partial charge on any atom is -0.324 e. The van der Waals surface area contributed by atoms with Gasteiger partial charge >= 0.3 is 4.87 Å². The monoisotopic (exact) mass is 538 g/mol. The highest BCUT2D eigenvalue weighted by Crippen LogP contribution is 2.54. The summed E-state index contributed by atoms with van der Waals surface area (Å²) in [4.78, 5) is 64.6. The predicted octanol–water partition coefficient (Wildman–Crippen LogP) is 3.71. The molecule has 12 heteroatoms. The smallest absolute Gasteiger partial charge is 0.308 e. The van der Waals surface area contributed by atoms with Crippen LogP contribution in [-0.2, 0) is 26.3 Å². The number of nitrogens with zero attached hydrogens (tertiary/aromatic N) is 3. The number of anilines is 2. The molecule has 2 aromatic carbocycles. The molecule has 37 heavy (non-hydrogen) atoms. The van der Waals surface area contributed by atoms with E-state index in [4.69, 9.17) is 0 Å². The lowest BCUT2D eigenvalue weighted by Crippen LogP contribution is -2.41. The summed E-state index contributed by atoms with van der Waals surface area (Å²) < 4.78 is 1.36. The van der Waals surface area contributed by atoms with Crippen LogP contribution in [0.4, 0.5) is 17.1 Å². The van der Waals surface area contributed by atoms with E-state index < -0.39 is 33.3 Å². The van der Waals surface area contributed by atoms with Gasteiger partial charge in [-0.1, -0.05) is 55.1 Å². The summed E-state index contributed by atoms with van der Waals surface area (Å²) >= 11 is 2.10. The largest absolute Gasteiger partial charge is 0.324 e. The van der Waals surface area contributed by atoms with E-state index in [9.17, 15) is 29.3 Å². The minimum atomic E-state index is -0.852. The molecule has 1 aromatic heterocycles. The van der Waals surface area contributed by atoms with E-state index in [0.717, 1.165) is 33.6 Å². The van der Waals surface area contributed by atoms with Crippen molar-refractivity contribution >= 4 is 57.9 Å². The number of carbonyl (C=O) groups excluding carboxylic acids is 3. The van der Waals surface area contributed by atoms with Crippen LogP contribution in [0, 0.1) is 23.0 Å². The SMILES string of the molecule is Cc1ccccc1NC(=O)Cn1c2c(sc1=O)C(C)(C)[C@H]1C(=O)N(c3ccc([N+](=O)[O-])cc3)C(=O)[C@H]1S2. The Kier molecular flexibility index (Phi) is 6.03. The lowest BCUT2D eigenvalue weighted by atomic mass is 9.76. The van der Waals surface area contributed by atoms with Crippen molar-refractivity contribution in [1.82, 2.24) is 4.57 Å². The molecule has 2 aliphatic rings. The number of benzene rings is 2. The molecule has 2 aliphatic heterocycles. The zero-order chi connectivity index (χ0) is 26.6. The molecule has 1 N–H and O–H groups in total. The molecule has 1 saturated heterocycles. The number of nitrogens with one attached hydrogen (secondary N) is 1. The van der Waals surface area contributed by atoms with Gasteiger partial charge in [0.15, 0.2) is 0 Å². The molecule has 2 atom stereocenters. The number of thioether (sulfide) groups is 1. The van der Waals surface area contributed by atoms with Gasteiger partial charge in [0.25, 0.3) is 5.69 Å². The van der Waals surface area contributed by atoms with E-state index in [0.29, 0.717) is 15.6 Å². The summed E-state index contributed by atoms with van der Waals surface area (Å²) in [6.07, 6.45) is 0. The maximum Gasteiger partial charge on any atom is 0.308 e. The average molecular weight is 539 g/mol. The zero-order valence-electron chi connectivity index (χ0n) is 20.1. The Balaban J connectivity index is 1.46. The maximum atomic E-state index is 13.5. The molecule has 3 aromatic rings. The Bertz CT molecular complexity index is 1520. The first kappa shape index (κ1) is 24.9. The number of hydrogen-bond acceptors (Lipinski definition) is 8. The van der Waals surface area contributed by atoms with Gasteiger partial charge in [0.2, 0.25) is 17.7 Å². The normalized spacial score (nSPS) is 19.9. The highest BCUT2D eigenvalue weighted by atomic mass is 32.2. The van der Waals surface area contributed by atoms with E-state index in [-0.39, 0.29) is 28.7 Å². The summed E-state index contributed by atoms with van der Waals surface area (Å²) in [5.74, 6) is -1.99. The molecule has 10 nitrogen and oxygen atoms in total. The van der Waals surface area contributed by atoms with E-state index in [2.05, 4.69) is 5.32 Å². The number of imide groups is 1. The van der Waals surface area contributed by atoms with Crippen molar-refractivity contribution in [3.8, 4) is 0 Å². The molecule has 3 amide bonds. The second-order valence-electron chi connectivity index (χ2n) is 9.47. The molecule has 1 fully saturated rings. The summed E-state index contributed by atoms with van der Waals surface area (Å²) in [6.45, 7) is 5.28.